The highest BCUT2D eigenvalue weighted by Gasteiger charge is 2.26. The number of rotatable bonds is 4. The van der Waals surface area contributed by atoms with Gasteiger partial charge in [0.25, 0.3) is 0 Å². The summed E-state index contributed by atoms with van der Waals surface area (Å²) in [5.41, 5.74) is 0.537. The summed E-state index contributed by atoms with van der Waals surface area (Å²) in [4.78, 5) is 4.25. The van der Waals surface area contributed by atoms with E-state index in [1.807, 2.05) is 12.1 Å². The molecule has 1 aliphatic carbocycles. The fourth-order valence-corrected chi connectivity index (χ4v) is 2.71. The maximum atomic E-state index is 5.30. The van der Waals surface area contributed by atoms with Crippen LogP contribution in [-0.2, 0) is 6.54 Å². The molecule has 4 nitrogen and oxygen atoms in total. The molecule has 1 saturated carbocycles. The van der Waals surface area contributed by atoms with E-state index in [0.717, 1.165) is 24.2 Å². The van der Waals surface area contributed by atoms with Crippen LogP contribution in [0.1, 0.15) is 45.3 Å². The standard InChI is InChI=1S/C16H27N3O.HI/c1-16(2)8-6-13(7-9-16)11-18-15(17-3)19-12-14-5-4-10-20-14;/h4-5,10,13H,6-9,11-12H2,1-3H3,(H2,17,18,19);1H. The number of halogens is 1. The highest BCUT2D eigenvalue weighted by atomic mass is 127. The van der Waals surface area contributed by atoms with Gasteiger partial charge in [-0.3, -0.25) is 4.99 Å². The number of guanidine groups is 1. The molecular formula is C16H28IN3O. The second-order valence-electron chi connectivity index (χ2n) is 6.49. The molecule has 0 saturated heterocycles. The molecule has 0 aromatic carbocycles. The van der Waals surface area contributed by atoms with Gasteiger partial charge in [-0.25, -0.2) is 0 Å². The minimum atomic E-state index is 0. The fourth-order valence-electron chi connectivity index (χ4n) is 2.71. The molecule has 21 heavy (non-hydrogen) atoms. The van der Waals surface area contributed by atoms with E-state index in [2.05, 4.69) is 29.5 Å². The molecule has 0 amide bonds. The van der Waals surface area contributed by atoms with Crippen LogP contribution in [0.3, 0.4) is 0 Å². The van der Waals surface area contributed by atoms with Crippen LogP contribution in [0.25, 0.3) is 0 Å². The SMILES string of the molecule is CN=C(NCc1ccco1)NCC1CCC(C)(C)CC1.I. The van der Waals surface area contributed by atoms with Crippen LogP contribution in [0.2, 0.25) is 0 Å². The van der Waals surface area contributed by atoms with Crippen molar-refractivity contribution in [3.05, 3.63) is 24.2 Å². The third kappa shape index (κ3) is 6.28. The average Bonchev–Trinajstić information content (AvgIpc) is 2.93. The minimum absolute atomic E-state index is 0. The van der Waals surface area contributed by atoms with Crippen molar-refractivity contribution in [1.29, 1.82) is 0 Å². The zero-order valence-corrected chi connectivity index (χ0v) is 15.6. The molecule has 120 valence electrons. The largest absolute Gasteiger partial charge is 0.467 e. The normalized spacial score (nSPS) is 18.9. The fraction of sp³-hybridized carbons (Fsp3) is 0.688. The number of nitrogens with one attached hydrogen (secondary N) is 2. The van der Waals surface area contributed by atoms with Gasteiger partial charge in [-0.05, 0) is 49.1 Å². The first-order valence-electron chi connectivity index (χ1n) is 7.56. The number of nitrogens with zero attached hydrogens (tertiary/aromatic N) is 1. The maximum Gasteiger partial charge on any atom is 0.191 e. The third-order valence-corrected chi connectivity index (χ3v) is 4.25. The summed E-state index contributed by atoms with van der Waals surface area (Å²) in [7, 11) is 1.81. The van der Waals surface area contributed by atoms with E-state index in [-0.39, 0.29) is 24.0 Å². The first-order chi connectivity index (χ1) is 9.59. The van der Waals surface area contributed by atoms with Gasteiger partial charge in [0, 0.05) is 13.6 Å². The summed E-state index contributed by atoms with van der Waals surface area (Å²) in [6, 6.07) is 3.86. The van der Waals surface area contributed by atoms with Crippen LogP contribution in [0, 0.1) is 11.3 Å². The number of aliphatic imine (C=N–C) groups is 1. The lowest BCUT2D eigenvalue weighted by atomic mass is 9.73. The van der Waals surface area contributed by atoms with Gasteiger partial charge in [-0.15, -0.1) is 24.0 Å². The molecule has 1 heterocycles. The van der Waals surface area contributed by atoms with Crippen LogP contribution in [0.4, 0.5) is 0 Å². The Kier molecular flexibility index (Phi) is 7.56. The van der Waals surface area contributed by atoms with E-state index in [1.54, 1.807) is 13.3 Å². The minimum Gasteiger partial charge on any atom is -0.467 e. The van der Waals surface area contributed by atoms with Crippen molar-refractivity contribution in [1.82, 2.24) is 10.6 Å². The Labute approximate surface area is 145 Å². The van der Waals surface area contributed by atoms with Crippen LogP contribution < -0.4 is 10.6 Å². The maximum absolute atomic E-state index is 5.30. The molecule has 0 radical (unpaired) electrons. The average molecular weight is 405 g/mol. The zero-order valence-electron chi connectivity index (χ0n) is 13.3. The topological polar surface area (TPSA) is 49.6 Å². The Bertz CT molecular complexity index is 419. The van der Waals surface area contributed by atoms with E-state index in [4.69, 9.17) is 4.42 Å². The van der Waals surface area contributed by atoms with Crippen molar-refractivity contribution >= 4 is 29.9 Å². The predicted molar refractivity (Wildman–Crippen MR) is 98.1 cm³/mol. The molecule has 5 heteroatoms. The molecule has 0 aliphatic heterocycles. The van der Waals surface area contributed by atoms with E-state index >= 15 is 0 Å². The van der Waals surface area contributed by atoms with Crippen molar-refractivity contribution in [3.63, 3.8) is 0 Å². The number of hydrogen-bond donors (Lipinski definition) is 2. The number of furan rings is 1. The van der Waals surface area contributed by atoms with Crippen molar-refractivity contribution < 1.29 is 4.42 Å². The predicted octanol–water partition coefficient (Wildman–Crippen LogP) is 3.78. The van der Waals surface area contributed by atoms with E-state index in [0.29, 0.717) is 12.0 Å². The Morgan fingerprint density at radius 2 is 2.05 bits per heavy atom. The molecule has 1 fully saturated rings. The Morgan fingerprint density at radius 3 is 2.62 bits per heavy atom. The molecule has 1 aromatic rings. The second-order valence-corrected chi connectivity index (χ2v) is 6.49. The third-order valence-electron chi connectivity index (χ3n) is 4.25. The molecule has 0 spiro atoms. The Morgan fingerprint density at radius 1 is 1.33 bits per heavy atom. The van der Waals surface area contributed by atoms with Gasteiger partial charge in [0.2, 0.25) is 0 Å². The van der Waals surface area contributed by atoms with Crippen molar-refractivity contribution in [3.8, 4) is 0 Å². The van der Waals surface area contributed by atoms with Crippen LogP contribution in [0.15, 0.2) is 27.8 Å². The van der Waals surface area contributed by atoms with Crippen LogP contribution in [-0.4, -0.2) is 19.6 Å². The summed E-state index contributed by atoms with van der Waals surface area (Å²) in [5, 5.41) is 6.70. The van der Waals surface area contributed by atoms with E-state index in [1.165, 1.54) is 25.7 Å². The van der Waals surface area contributed by atoms with Crippen molar-refractivity contribution in [2.24, 2.45) is 16.3 Å². The monoisotopic (exact) mass is 405 g/mol. The summed E-state index contributed by atoms with van der Waals surface area (Å²) in [6.45, 7) is 6.43. The molecular weight excluding hydrogens is 377 g/mol. The van der Waals surface area contributed by atoms with Gasteiger partial charge in [0.05, 0.1) is 12.8 Å². The Hall–Kier alpha value is -0.720. The van der Waals surface area contributed by atoms with Gasteiger partial charge < -0.3 is 15.1 Å². The van der Waals surface area contributed by atoms with E-state index < -0.39 is 0 Å². The van der Waals surface area contributed by atoms with E-state index in [9.17, 15) is 0 Å². The molecule has 2 N–H and O–H groups in total. The quantitative estimate of drug-likeness (QED) is 0.456. The summed E-state index contributed by atoms with van der Waals surface area (Å²) >= 11 is 0. The van der Waals surface area contributed by atoms with Gasteiger partial charge in [-0.1, -0.05) is 13.8 Å². The Balaban J connectivity index is 0.00000220. The summed E-state index contributed by atoms with van der Waals surface area (Å²) < 4.78 is 5.30. The highest BCUT2D eigenvalue weighted by Crippen LogP contribution is 2.37. The zero-order chi connectivity index (χ0) is 14.4. The molecule has 2 rings (SSSR count). The highest BCUT2D eigenvalue weighted by molar-refractivity contribution is 14.0. The van der Waals surface area contributed by atoms with Crippen molar-refractivity contribution in [2.75, 3.05) is 13.6 Å². The van der Waals surface area contributed by atoms with Gasteiger partial charge in [-0.2, -0.15) is 0 Å². The first kappa shape index (κ1) is 18.3. The van der Waals surface area contributed by atoms with Crippen molar-refractivity contribution in [2.45, 2.75) is 46.1 Å². The van der Waals surface area contributed by atoms with Crippen LogP contribution >= 0.6 is 24.0 Å². The van der Waals surface area contributed by atoms with Gasteiger partial charge >= 0.3 is 0 Å². The summed E-state index contributed by atoms with van der Waals surface area (Å²) in [6.07, 6.45) is 6.98. The number of hydrogen-bond acceptors (Lipinski definition) is 2. The van der Waals surface area contributed by atoms with Gasteiger partial charge in [0.1, 0.15) is 5.76 Å². The van der Waals surface area contributed by atoms with Crippen LogP contribution in [0.5, 0.6) is 0 Å². The molecule has 1 aliphatic rings. The molecule has 0 atom stereocenters. The molecule has 0 bridgehead atoms. The lowest BCUT2D eigenvalue weighted by Gasteiger charge is -2.34. The lowest BCUT2D eigenvalue weighted by molar-refractivity contribution is 0.192. The smallest absolute Gasteiger partial charge is 0.191 e. The lowest BCUT2D eigenvalue weighted by Crippen LogP contribution is -2.40. The molecule has 0 unspecified atom stereocenters. The first-order valence-corrected chi connectivity index (χ1v) is 7.56. The molecule has 1 aromatic heterocycles. The van der Waals surface area contributed by atoms with Gasteiger partial charge in [0.15, 0.2) is 5.96 Å². The summed E-state index contributed by atoms with van der Waals surface area (Å²) in [5.74, 6) is 2.55. The second kappa shape index (κ2) is 8.66.